The van der Waals surface area contributed by atoms with Crippen molar-refractivity contribution >= 4 is 5.69 Å². The third-order valence-electron chi connectivity index (χ3n) is 3.58. The molecule has 0 aliphatic heterocycles. The molecule has 1 aliphatic carbocycles. The number of nitro benzene ring substituents is 1. The Kier molecular flexibility index (Phi) is 3.31. The fourth-order valence-electron chi connectivity index (χ4n) is 2.60. The van der Waals surface area contributed by atoms with Crippen molar-refractivity contribution in [2.24, 2.45) is 0 Å². The van der Waals surface area contributed by atoms with E-state index in [1.807, 2.05) is 6.07 Å². The lowest BCUT2D eigenvalue weighted by atomic mass is 9.83. The van der Waals surface area contributed by atoms with Gasteiger partial charge in [0.1, 0.15) is 0 Å². The average Bonchev–Trinajstić information content (AvgIpc) is 2.33. The lowest BCUT2D eigenvalue weighted by molar-refractivity contribution is -0.386. The zero-order chi connectivity index (χ0) is 12.4. The number of benzene rings is 1. The van der Waals surface area contributed by atoms with Crippen molar-refractivity contribution in [3.05, 3.63) is 33.4 Å². The van der Waals surface area contributed by atoms with E-state index in [1.165, 1.54) is 19.3 Å². The van der Waals surface area contributed by atoms with Crippen LogP contribution in [0.5, 0.6) is 5.75 Å². The van der Waals surface area contributed by atoms with Crippen LogP contribution >= 0.6 is 0 Å². The average molecular weight is 235 g/mol. The molecule has 1 saturated carbocycles. The fourth-order valence-corrected chi connectivity index (χ4v) is 2.60. The zero-order valence-electron chi connectivity index (χ0n) is 9.98. The SMILES string of the molecule is Cc1cc(C2CCCCC2)cc([N+](=O)[O-])c1O. The molecule has 4 nitrogen and oxygen atoms in total. The van der Waals surface area contributed by atoms with Crippen molar-refractivity contribution in [3.63, 3.8) is 0 Å². The maximum Gasteiger partial charge on any atom is 0.311 e. The molecule has 2 rings (SSSR count). The van der Waals surface area contributed by atoms with Crippen LogP contribution in [0.1, 0.15) is 49.1 Å². The van der Waals surface area contributed by atoms with E-state index in [-0.39, 0.29) is 11.4 Å². The summed E-state index contributed by atoms with van der Waals surface area (Å²) >= 11 is 0. The first-order valence-corrected chi connectivity index (χ1v) is 6.07. The van der Waals surface area contributed by atoms with Gasteiger partial charge in [-0.25, -0.2) is 0 Å². The largest absolute Gasteiger partial charge is 0.502 e. The zero-order valence-corrected chi connectivity index (χ0v) is 9.98. The summed E-state index contributed by atoms with van der Waals surface area (Å²) in [5, 5.41) is 20.5. The van der Waals surface area contributed by atoms with Crippen LogP contribution in [0.25, 0.3) is 0 Å². The molecule has 0 amide bonds. The summed E-state index contributed by atoms with van der Waals surface area (Å²) < 4.78 is 0. The molecule has 0 aromatic heterocycles. The first-order chi connectivity index (χ1) is 8.09. The Morgan fingerprint density at radius 3 is 2.53 bits per heavy atom. The van der Waals surface area contributed by atoms with Crippen LogP contribution in [-0.4, -0.2) is 10.0 Å². The molecule has 0 spiro atoms. The summed E-state index contributed by atoms with van der Waals surface area (Å²) in [6, 6.07) is 3.43. The second kappa shape index (κ2) is 4.73. The van der Waals surface area contributed by atoms with E-state index in [2.05, 4.69) is 0 Å². The Bertz CT molecular complexity index is 437. The van der Waals surface area contributed by atoms with Gasteiger partial charge in [0.25, 0.3) is 0 Å². The van der Waals surface area contributed by atoms with E-state index >= 15 is 0 Å². The van der Waals surface area contributed by atoms with Crippen molar-refractivity contribution in [1.82, 2.24) is 0 Å². The Morgan fingerprint density at radius 1 is 1.29 bits per heavy atom. The number of hydrogen-bond acceptors (Lipinski definition) is 3. The number of phenolic OH excluding ortho intramolecular Hbond substituents is 1. The summed E-state index contributed by atoms with van der Waals surface area (Å²) in [4.78, 5) is 10.3. The molecule has 0 unspecified atom stereocenters. The highest BCUT2D eigenvalue weighted by Gasteiger charge is 2.22. The van der Waals surface area contributed by atoms with Crippen LogP contribution in [0.3, 0.4) is 0 Å². The topological polar surface area (TPSA) is 63.4 Å². The van der Waals surface area contributed by atoms with Gasteiger partial charge in [-0.05, 0) is 36.8 Å². The minimum atomic E-state index is -0.505. The molecule has 1 N–H and O–H groups in total. The first-order valence-electron chi connectivity index (χ1n) is 6.07. The third-order valence-corrected chi connectivity index (χ3v) is 3.58. The molecule has 0 saturated heterocycles. The lowest BCUT2D eigenvalue weighted by Gasteiger charge is -2.22. The summed E-state index contributed by atoms with van der Waals surface area (Å²) in [5.41, 5.74) is 1.44. The van der Waals surface area contributed by atoms with Crippen LogP contribution in [0, 0.1) is 17.0 Å². The van der Waals surface area contributed by atoms with Gasteiger partial charge in [-0.1, -0.05) is 25.3 Å². The Balaban J connectivity index is 2.37. The molecule has 1 fully saturated rings. The van der Waals surface area contributed by atoms with E-state index < -0.39 is 4.92 Å². The molecule has 0 radical (unpaired) electrons. The second-order valence-corrected chi connectivity index (χ2v) is 4.80. The van der Waals surface area contributed by atoms with Crippen molar-refractivity contribution in [3.8, 4) is 5.75 Å². The van der Waals surface area contributed by atoms with Crippen LogP contribution < -0.4 is 0 Å². The Morgan fingerprint density at radius 2 is 1.94 bits per heavy atom. The highest BCUT2D eigenvalue weighted by atomic mass is 16.6. The molecule has 0 atom stereocenters. The summed E-state index contributed by atoms with van der Waals surface area (Å²) in [6.45, 7) is 1.72. The van der Waals surface area contributed by atoms with E-state index in [0.717, 1.165) is 18.4 Å². The van der Waals surface area contributed by atoms with Gasteiger partial charge in [0.05, 0.1) is 4.92 Å². The van der Waals surface area contributed by atoms with E-state index in [9.17, 15) is 15.2 Å². The predicted molar refractivity (Wildman–Crippen MR) is 65.3 cm³/mol. The first kappa shape index (κ1) is 11.9. The molecule has 1 aromatic rings. The van der Waals surface area contributed by atoms with Gasteiger partial charge >= 0.3 is 5.69 Å². The van der Waals surface area contributed by atoms with E-state index in [0.29, 0.717) is 11.5 Å². The quantitative estimate of drug-likeness (QED) is 0.628. The van der Waals surface area contributed by atoms with Crippen molar-refractivity contribution in [2.75, 3.05) is 0 Å². The molecule has 1 aliphatic rings. The maximum absolute atomic E-state index is 10.9. The highest BCUT2D eigenvalue weighted by molar-refractivity contribution is 5.53. The van der Waals surface area contributed by atoms with E-state index in [1.54, 1.807) is 13.0 Å². The fraction of sp³-hybridized carbons (Fsp3) is 0.538. The van der Waals surface area contributed by atoms with Crippen molar-refractivity contribution in [2.45, 2.75) is 44.9 Å². The number of hydrogen-bond donors (Lipinski definition) is 1. The third kappa shape index (κ3) is 2.40. The Labute approximate surface area is 100 Å². The van der Waals surface area contributed by atoms with E-state index in [4.69, 9.17) is 0 Å². The van der Waals surface area contributed by atoms with Gasteiger partial charge in [-0.15, -0.1) is 0 Å². The second-order valence-electron chi connectivity index (χ2n) is 4.80. The molecule has 4 heteroatoms. The number of aryl methyl sites for hydroxylation is 1. The summed E-state index contributed by atoms with van der Waals surface area (Å²) in [6.07, 6.45) is 5.84. The van der Waals surface area contributed by atoms with Crippen LogP contribution in [0.15, 0.2) is 12.1 Å². The highest BCUT2D eigenvalue weighted by Crippen LogP contribution is 2.38. The molecular weight excluding hydrogens is 218 g/mol. The summed E-state index contributed by atoms with van der Waals surface area (Å²) in [7, 11) is 0. The number of aromatic hydroxyl groups is 1. The number of rotatable bonds is 2. The molecule has 0 heterocycles. The Hall–Kier alpha value is -1.58. The normalized spacial score (nSPS) is 17.0. The van der Waals surface area contributed by atoms with Crippen molar-refractivity contribution < 1.29 is 10.0 Å². The molecule has 17 heavy (non-hydrogen) atoms. The minimum absolute atomic E-state index is 0.162. The summed E-state index contributed by atoms with van der Waals surface area (Å²) in [5.74, 6) is 0.219. The molecule has 92 valence electrons. The monoisotopic (exact) mass is 235 g/mol. The predicted octanol–water partition coefficient (Wildman–Crippen LogP) is 3.66. The lowest BCUT2D eigenvalue weighted by Crippen LogP contribution is -2.05. The van der Waals surface area contributed by atoms with Gasteiger partial charge < -0.3 is 5.11 Å². The van der Waals surface area contributed by atoms with Gasteiger partial charge in [-0.2, -0.15) is 0 Å². The maximum atomic E-state index is 10.9. The standard InChI is InChI=1S/C13H17NO3/c1-9-7-11(10-5-3-2-4-6-10)8-12(13(9)15)14(16)17/h7-8,10,15H,2-6H2,1H3. The van der Waals surface area contributed by atoms with Gasteiger partial charge in [0.15, 0.2) is 5.75 Å². The van der Waals surface area contributed by atoms with Crippen LogP contribution in [0.4, 0.5) is 5.69 Å². The van der Waals surface area contributed by atoms with Gasteiger partial charge in [-0.3, -0.25) is 10.1 Å². The van der Waals surface area contributed by atoms with Crippen LogP contribution in [-0.2, 0) is 0 Å². The number of phenols is 1. The molecule has 1 aromatic carbocycles. The van der Waals surface area contributed by atoms with Crippen LogP contribution in [0.2, 0.25) is 0 Å². The minimum Gasteiger partial charge on any atom is -0.502 e. The van der Waals surface area contributed by atoms with Gasteiger partial charge in [0.2, 0.25) is 0 Å². The number of nitrogens with zero attached hydrogens (tertiary/aromatic N) is 1. The molecular formula is C13H17NO3. The smallest absolute Gasteiger partial charge is 0.311 e. The molecule has 0 bridgehead atoms. The number of nitro groups is 1. The van der Waals surface area contributed by atoms with Crippen molar-refractivity contribution in [1.29, 1.82) is 0 Å². The van der Waals surface area contributed by atoms with Gasteiger partial charge in [0, 0.05) is 6.07 Å².